The summed E-state index contributed by atoms with van der Waals surface area (Å²) in [6.45, 7) is 1.94. The molecule has 0 atom stereocenters. The number of benzene rings is 3. The number of thiocarbonyl (C=S) groups is 1. The number of halogens is 1. The number of nitrogens with zero attached hydrogens (tertiary/aromatic N) is 1. The van der Waals surface area contributed by atoms with Crippen molar-refractivity contribution < 1.29 is 9.53 Å². The fraction of sp³-hybridized carbons (Fsp3) is 0.0952. The number of methoxy groups -OCH3 is 1. The molecular weight excluding hydrogens is 426 g/mol. The number of anilines is 1. The van der Waals surface area contributed by atoms with Gasteiger partial charge in [0.2, 0.25) is 0 Å². The van der Waals surface area contributed by atoms with Gasteiger partial charge in [0.05, 0.1) is 22.9 Å². The van der Waals surface area contributed by atoms with Crippen molar-refractivity contribution in [1.82, 2.24) is 10.3 Å². The Hall–Kier alpha value is -2.74. The number of ether oxygens (including phenoxy) is 1. The van der Waals surface area contributed by atoms with Gasteiger partial charge in [-0.25, -0.2) is 4.98 Å². The van der Waals surface area contributed by atoms with Crippen LogP contribution in [0.25, 0.3) is 21.0 Å². The molecule has 4 aromatic rings. The molecule has 0 saturated heterocycles. The van der Waals surface area contributed by atoms with E-state index in [1.807, 2.05) is 49.4 Å². The summed E-state index contributed by atoms with van der Waals surface area (Å²) >= 11 is 12.9. The van der Waals surface area contributed by atoms with Crippen LogP contribution in [0, 0.1) is 6.92 Å². The maximum Gasteiger partial charge on any atom is 0.261 e. The summed E-state index contributed by atoms with van der Waals surface area (Å²) in [7, 11) is 1.53. The predicted octanol–water partition coefficient (Wildman–Crippen LogP) is 5.55. The molecule has 0 aliphatic carbocycles. The lowest BCUT2D eigenvalue weighted by Gasteiger charge is -2.11. The van der Waals surface area contributed by atoms with Crippen molar-refractivity contribution in [2.75, 3.05) is 12.4 Å². The number of aryl methyl sites for hydroxylation is 1. The molecule has 3 aromatic carbocycles. The Kier molecular flexibility index (Phi) is 5.36. The first-order valence-corrected chi connectivity index (χ1v) is 10.3. The highest BCUT2D eigenvalue weighted by atomic mass is 35.5. The van der Waals surface area contributed by atoms with Crippen molar-refractivity contribution in [2.24, 2.45) is 0 Å². The Morgan fingerprint density at radius 1 is 1.17 bits per heavy atom. The van der Waals surface area contributed by atoms with Gasteiger partial charge in [0, 0.05) is 5.02 Å². The smallest absolute Gasteiger partial charge is 0.261 e. The Balaban J connectivity index is 1.54. The van der Waals surface area contributed by atoms with Gasteiger partial charge in [-0.2, -0.15) is 0 Å². The van der Waals surface area contributed by atoms with E-state index in [9.17, 15) is 4.79 Å². The van der Waals surface area contributed by atoms with Gasteiger partial charge >= 0.3 is 0 Å². The summed E-state index contributed by atoms with van der Waals surface area (Å²) in [5, 5.41) is 8.99. The summed E-state index contributed by atoms with van der Waals surface area (Å²) < 4.78 is 6.38. The molecule has 0 aliphatic rings. The fourth-order valence-corrected chi connectivity index (χ4v) is 4.33. The van der Waals surface area contributed by atoms with E-state index in [1.54, 1.807) is 6.07 Å². The molecule has 4 rings (SSSR count). The third-order valence-corrected chi connectivity index (χ3v) is 5.97. The van der Waals surface area contributed by atoms with Gasteiger partial charge < -0.3 is 10.1 Å². The number of carbonyl (C=O) groups excluding carboxylic acids is 1. The zero-order chi connectivity index (χ0) is 20.5. The van der Waals surface area contributed by atoms with E-state index in [-0.39, 0.29) is 11.0 Å². The molecule has 2 N–H and O–H groups in total. The topological polar surface area (TPSA) is 63.2 Å². The molecule has 146 valence electrons. The van der Waals surface area contributed by atoms with E-state index in [0.717, 1.165) is 26.6 Å². The lowest BCUT2D eigenvalue weighted by atomic mass is 10.1. The third-order valence-electron chi connectivity index (χ3n) is 4.43. The van der Waals surface area contributed by atoms with Gasteiger partial charge in [-0.15, -0.1) is 0 Å². The van der Waals surface area contributed by atoms with Crippen LogP contribution in [0.3, 0.4) is 0 Å². The van der Waals surface area contributed by atoms with Crippen molar-refractivity contribution in [2.45, 2.75) is 6.92 Å². The van der Waals surface area contributed by atoms with Crippen molar-refractivity contribution >= 4 is 72.3 Å². The van der Waals surface area contributed by atoms with Crippen LogP contribution in [0.5, 0.6) is 5.75 Å². The van der Waals surface area contributed by atoms with Gasteiger partial charge in [0.1, 0.15) is 5.75 Å². The first-order chi connectivity index (χ1) is 13.9. The van der Waals surface area contributed by atoms with Crippen molar-refractivity contribution in [1.29, 1.82) is 0 Å². The number of rotatable bonds is 3. The van der Waals surface area contributed by atoms with E-state index in [4.69, 9.17) is 28.6 Å². The number of aromatic nitrogens is 1. The van der Waals surface area contributed by atoms with E-state index < -0.39 is 0 Å². The summed E-state index contributed by atoms with van der Waals surface area (Å²) in [6.07, 6.45) is 0. The minimum Gasteiger partial charge on any atom is -0.496 e. The fourth-order valence-electron chi connectivity index (χ4n) is 2.97. The number of thiazole rings is 1. The Labute approximate surface area is 181 Å². The molecule has 0 aliphatic heterocycles. The monoisotopic (exact) mass is 441 g/mol. The Morgan fingerprint density at radius 3 is 2.62 bits per heavy atom. The van der Waals surface area contributed by atoms with E-state index in [2.05, 4.69) is 15.6 Å². The first kappa shape index (κ1) is 19.6. The average Bonchev–Trinajstić information content (AvgIpc) is 3.07. The second-order valence-corrected chi connectivity index (χ2v) is 8.24. The molecule has 1 amide bonds. The number of nitrogens with one attached hydrogen (secondary N) is 2. The summed E-state index contributed by atoms with van der Waals surface area (Å²) in [5.41, 5.74) is 2.16. The SMILES string of the molecule is COc1cc2ccccc2cc1C(=O)NC(=S)Nc1nc2cc(Cl)c(C)cc2s1. The predicted molar refractivity (Wildman–Crippen MR) is 124 cm³/mol. The summed E-state index contributed by atoms with van der Waals surface area (Å²) in [6, 6.07) is 15.2. The minimum absolute atomic E-state index is 0.159. The Bertz CT molecular complexity index is 1230. The quantitative estimate of drug-likeness (QED) is 0.408. The maximum absolute atomic E-state index is 12.8. The lowest BCUT2D eigenvalue weighted by molar-refractivity contribution is 0.0975. The van der Waals surface area contributed by atoms with Crippen LogP contribution in [-0.4, -0.2) is 23.1 Å². The van der Waals surface area contributed by atoms with Gasteiger partial charge in [0.25, 0.3) is 5.91 Å². The molecule has 0 spiro atoms. The molecular formula is C21H16ClN3O2S2. The van der Waals surface area contributed by atoms with Crippen LogP contribution in [0.15, 0.2) is 48.5 Å². The second-order valence-electron chi connectivity index (χ2n) is 6.40. The van der Waals surface area contributed by atoms with Crippen LogP contribution >= 0.6 is 35.2 Å². The zero-order valence-electron chi connectivity index (χ0n) is 15.6. The number of fused-ring (bicyclic) bond motifs is 2. The van der Waals surface area contributed by atoms with Crippen LogP contribution in [0.4, 0.5) is 5.13 Å². The average molecular weight is 442 g/mol. The largest absolute Gasteiger partial charge is 0.496 e. The molecule has 5 nitrogen and oxygen atoms in total. The molecule has 0 bridgehead atoms. The zero-order valence-corrected chi connectivity index (χ0v) is 18.0. The first-order valence-electron chi connectivity index (χ1n) is 8.70. The van der Waals surface area contributed by atoms with Crippen LogP contribution in [0.1, 0.15) is 15.9 Å². The number of hydrogen-bond acceptors (Lipinski definition) is 5. The van der Waals surface area contributed by atoms with E-state index >= 15 is 0 Å². The number of amides is 1. The Morgan fingerprint density at radius 2 is 1.90 bits per heavy atom. The molecule has 0 saturated carbocycles. The summed E-state index contributed by atoms with van der Waals surface area (Å²) in [5.74, 6) is 0.124. The number of hydrogen-bond donors (Lipinski definition) is 2. The third kappa shape index (κ3) is 4.03. The highest BCUT2D eigenvalue weighted by molar-refractivity contribution is 7.80. The van der Waals surface area contributed by atoms with E-state index in [1.165, 1.54) is 18.4 Å². The van der Waals surface area contributed by atoms with Crippen LogP contribution in [-0.2, 0) is 0 Å². The molecule has 0 unspecified atom stereocenters. The molecule has 0 radical (unpaired) electrons. The molecule has 1 aromatic heterocycles. The highest BCUT2D eigenvalue weighted by Gasteiger charge is 2.16. The van der Waals surface area contributed by atoms with Gasteiger partial charge in [-0.3, -0.25) is 10.1 Å². The molecule has 1 heterocycles. The van der Waals surface area contributed by atoms with Crippen LogP contribution in [0.2, 0.25) is 5.02 Å². The molecule has 29 heavy (non-hydrogen) atoms. The maximum atomic E-state index is 12.8. The van der Waals surface area contributed by atoms with Crippen LogP contribution < -0.4 is 15.4 Å². The minimum atomic E-state index is -0.356. The second kappa shape index (κ2) is 7.94. The number of carbonyl (C=O) groups is 1. The normalized spacial score (nSPS) is 10.9. The van der Waals surface area contributed by atoms with Gasteiger partial charge in [0.15, 0.2) is 10.2 Å². The van der Waals surface area contributed by atoms with Gasteiger partial charge in [-0.05, 0) is 59.7 Å². The summed E-state index contributed by atoms with van der Waals surface area (Å²) in [4.78, 5) is 17.2. The van der Waals surface area contributed by atoms with Crippen molar-refractivity contribution in [3.63, 3.8) is 0 Å². The van der Waals surface area contributed by atoms with E-state index in [0.29, 0.717) is 21.5 Å². The van der Waals surface area contributed by atoms with Gasteiger partial charge in [-0.1, -0.05) is 47.2 Å². The highest BCUT2D eigenvalue weighted by Crippen LogP contribution is 2.30. The molecule has 8 heteroatoms. The lowest BCUT2D eigenvalue weighted by Crippen LogP contribution is -2.34. The van der Waals surface area contributed by atoms with Crippen molar-refractivity contribution in [3.8, 4) is 5.75 Å². The van der Waals surface area contributed by atoms with Crippen molar-refractivity contribution in [3.05, 3.63) is 64.7 Å². The standard InChI is InChI=1S/C21H16ClN3O2S2/c1-11-7-18-16(10-15(11)22)23-21(29-18)25-20(28)24-19(26)14-8-12-5-3-4-6-13(12)9-17(14)27-2/h3-10H,1-2H3,(H2,23,24,25,26,28). The molecule has 0 fully saturated rings.